The number of amides is 1. The Morgan fingerprint density at radius 1 is 1.41 bits per heavy atom. The normalized spacial score (nSPS) is 17.4. The van der Waals surface area contributed by atoms with Crippen molar-refractivity contribution in [1.29, 1.82) is 0 Å². The first-order chi connectivity index (χ1) is 8.06. The molecule has 5 heteroatoms. The maximum Gasteiger partial charge on any atom is 0.252 e. The number of hydrogen-bond acceptors (Lipinski definition) is 1. The van der Waals surface area contributed by atoms with E-state index >= 15 is 0 Å². The third-order valence-corrected chi connectivity index (χ3v) is 4.78. The SMILES string of the molecule is O=C(NC1(CCl)CCC1)c1ccc(Br)cc1Br. The van der Waals surface area contributed by atoms with E-state index in [0.717, 1.165) is 28.2 Å². The first-order valence-corrected chi connectivity index (χ1v) is 7.52. The minimum atomic E-state index is -0.189. The topological polar surface area (TPSA) is 29.1 Å². The molecule has 0 saturated heterocycles. The number of carbonyl (C=O) groups is 1. The molecule has 1 fully saturated rings. The van der Waals surface area contributed by atoms with Crippen LogP contribution in [0.15, 0.2) is 27.1 Å². The molecule has 17 heavy (non-hydrogen) atoms. The quantitative estimate of drug-likeness (QED) is 0.785. The Bertz CT molecular complexity index is 441. The Labute approximate surface area is 122 Å². The highest BCUT2D eigenvalue weighted by atomic mass is 79.9. The number of alkyl halides is 1. The molecule has 2 rings (SSSR count). The summed E-state index contributed by atoms with van der Waals surface area (Å²) >= 11 is 12.7. The molecule has 1 aromatic carbocycles. The van der Waals surface area contributed by atoms with E-state index in [2.05, 4.69) is 37.2 Å². The second kappa shape index (κ2) is 5.29. The summed E-state index contributed by atoms with van der Waals surface area (Å²) in [5.41, 5.74) is 0.454. The van der Waals surface area contributed by atoms with Gasteiger partial charge in [0.15, 0.2) is 0 Å². The second-order valence-corrected chi connectivity index (χ2v) is 6.38. The third-order valence-electron chi connectivity index (χ3n) is 3.12. The van der Waals surface area contributed by atoms with Crippen LogP contribution >= 0.6 is 43.5 Å². The predicted molar refractivity (Wildman–Crippen MR) is 76.6 cm³/mol. The molecule has 92 valence electrons. The van der Waals surface area contributed by atoms with E-state index in [1.807, 2.05) is 12.1 Å². The molecule has 1 aliphatic rings. The average Bonchev–Trinajstić information content (AvgIpc) is 2.23. The highest BCUT2D eigenvalue weighted by molar-refractivity contribution is 9.11. The van der Waals surface area contributed by atoms with Crippen LogP contribution in [0.3, 0.4) is 0 Å². The Morgan fingerprint density at radius 2 is 2.12 bits per heavy atom. The molecule has 0 spiro atoms. The summed E-state index contributed by atoms with van der Waals surface area (Å²) in [6, 6.07) is 5.51. The summed E-state index contributed by atoms with van der Waals surface area (Å²) in [7, 11) is 0. The van der Waals surface area contributed by atoms with Crippen LogP contribution in [-0.4, -0.2) is 17.3 Å². The molecule has 0 atom stereocenters. The maximum atomic E-state index is 12.1. The molecule has 0 radical (unpaired) electrons. The average molecular weight is 381 g/mol. The van der Waals surface area contributed by atoms with Crippen molar-refractivity contribution in [2.75, 3.05) is 5.88 Å². The van der Waals surface area contributed by atoms with Gasteiger partial charge in [-0.15, -0.1) is 11.6 Å². The van der Waals surface area contributed by atoms with Crippen molar-refractivity contribution >= 4 is 49.4 Å². The summed E-state index contributed by atoms with van der Waals surface area (Å²) < 4.78 is 1.73. The minimum absolute atomic E-state index is 0.0651. The Kier molecular flexibility index (Phi) is 4.16. The predicted octanol–water partition coefficient (Wildman–Crippen LogP) is 4.10. The molecule has 1 amide bonds. The lowest BCUT2D eigenvalue weighted by Crippen LogP contribution is -2.55. The van der Waals surface area contributed by atoms with Gasteiger partial charge in [0, 0.05) is 14.8 Å². The molecule has 1 saturated carbocycles. The van der Waals surface area contributed by atoms with Gasteiger partial charge in [-0.25, -0.2) is 0 Å². The fraction of sp³-hybridized carbons (Fsp3) is 0.417. The molecule has 1 aliphatic carbocycles. The zero-order valence-electron chi connectivity index (χ0n) is 9.10. The molecular weight excluding hydrogens is 369 g/mol. The Hall–Kier alpha value is -0.0600. The van der Waals surface area contributed by atoms with E-state index in [-0.39, 0.29) is 11.4 Å². The number of rotatable bonds is 3. The maximum absolute atomic E-state index is 12.1. The standard InChI is InChI=1S/C12H12Br2ClNO/c13-8-2-3-9(10(14)6-8)11(17)16-12(7-15)4-1-5-12/h2-3,6H,1,4-5,7H2,(H,16,17). The lowest BCUT2D eigenvalue weighted by molar-refractivity contribution is 0.0853. The molecule has 1 aromatic rings. The monoisotopic (exact) mass is 379 g/mol. The molecule has 0 heterocycles. The molecule has 1 N–H and O–H groups in total. The molecular formula is C12H12Br2ClNO. The summed E-state index contributed by atoms with van der Waals surface area (Å²) in [6.45, 7) is 0. The number of carbonyl (C=O) groups excluding carboxylic acids is 1. The van der Waals surface area contributed by atoms with Gasteiger partial charge >= 0.3 is 0 Å². The van der Waals surface area contributed by atoms with Crippen LogP contribution < -0.4 is 5.32 Å². The number of hydrogen-bond donors (Lipinski definition) is 1. The van der Waals surface area contributed by atoms with Crippen LogP contribution in [0.2, 0.25) is 0 Å². The number of nitrogens with one attached hydrogen (secondary N) is 1. The zero-order valence-corrected chi connectivity index (χ0v) is 13.0. The van der Waals surface area contributed by atoms with Crippen LogP contribution in [-0.2, 0) is 0 Å². The first-order valence-electron chi connectivity index (χ1n) is 5.40. The largest absolute Gasteiger partial charge is 0.345 e. The van der Waals surface area contributed by atoms with Crippen molar-refractivity contribution in [2.24, 2.45) is 0 Å². The highest BCUT2D eigenvalue weighted by Gasteiger charge is 2.37. The van der Waals surface area contributed by atoms with Crippen molar-refractivity contribution in [2.45, 2.75) is 24.8 Å². The van der Waals surface area contributed by atoms with Crippen LogP contribution in [0.4, 0.5) is 0 Å². The third kappa shape index (κ3) is 2.85. The van der Waals surface area contributed by atoms with Gasteiger partial charge < -0.3 is 5.32 Å². The lowest BCUT2D eigenvalue weighted by atomic mass is 9.78. The van der Waals surface area contributed by atoms with Gasteiger partial charge in [-0.1, -0.05) is 15.9 Å². The Balaban J connectivity index is 2.14. The van der Waals surface area contributed by atoms with E-state index in [1.165, 1.54) is 0 Å². The van der Waals surface area contributed by atoms with Gasteiger partial charge in [0.2, 0.25) is 0 Å². The van der Waals surface area contributed by atoms with E-state index < -0.39 is 0 Å². The summed E-state index contributed by atoms with van der Waals surface area (Å²) in [5, 5.41) is 3.04. The van der Waals surface area contributed by atoms with Gasteiger partial charge in [0.25, 0.3) is 5.91 Å². The van der Waals surface area contributed by atoms with E-state index in [1.54, 1.807) is 6.07 Å². The Morgan fingerprint density at radius 3 is 2.59 bits per heavy atom. The molecule has 0 aromatic heterocycles. The van der Waals surface area contributed by atoms with Crippen molar-refractivity contribution < 1.29 is 4.79 Å². The summed E-state index contributed by atoms with van der Waals surface area (Å²) in [4.78, 5) is 12.1. The fourth-order valence-electron chi connectivity index (χ4n) is 1.88. The summed E-state index contributed by atoms with van der Waals surface area (Å²) in [5.74, 6) is 0.414. The van der Waals surface area contributed by atoms with Crippen LogP contribution in [0.5, 0.6) is 0 Å². The minimum Gasteiger partial charge on any atom is -0.345 e. The summed E-state index contributed by atoms with van der Waals surface area (Å²) in [6.07, 6.45) is 3.07. The van der Waals surface area contributed by atoms with E-state index in [4.69, 9.17) is 11.6 Å². The highest BCUT2D eigenvalue weighted by Crippen LogP contribution is 2.33. The molecule has 0 bridgehead atoms. The van der Waals surface area contributed by atoms with Crippen LogP contribution in [0, 0.1) is 0 Å². The van der Waals surface area contributed by atoms with Crippen molar-refractivity contribution in [3.05, 3.63) is 32.7 Å². The van der Waals surface area contributed by atoms with Crippen molar-refractivity contribution in [3.63, 3.8) is 0 Å². The van der Waals surface area contributed by atoms with E-state index in [0.29, 0.717) is 11.4 Å². The van der Waals surface area contributed by atoms with Gasteiger partial charge in [-0.2, -0.15) is 0 Å². The van der Waals surface area contributed by atoms with Crippen LogP contribution in [0.25, 0.3) is 0 Å². The first kappa shape index (κ1) is 13.4. The lowest BCUT2D eigenvalue weighted by Gasteiger charge is -2.41. The smallest absolute Gasteiger partial charge is 0.252 e. The van der Waals surface area contributed by atoms with Gasteiger partial charge in [0.1, 0.15) is 0 Å². The number of halogens is 3. The van der Waals surface area contributed by atoms with Crippen molar-refractivity contribution in [1.82, 2.24) is 5.32 Å². The second-order valence-electron chi connectivity index (χ2n) is 4.35. The van der Waals surface area contributed by atoms with Gasteiger partial charge in [-0.3, -0.25) is 4.79 Å². The molecule has 0 aliphatic heterocycles. The zero-order chi connectivity index (χ0) is 12.5. The van der Waals surface area contributed by atoms with Crippen molar-refractivity contribution in [3.8, 4) is 0 Å². The molecule has 0 unspecified atom stereocenters. The molecule has 2 nitrogen and oxygen atoms in total. The van der Waals surface area contributed by atoms with Gasteiger partial charge in [0.05, 0.1) is 11.1 Å². The fourth-order valence-corrected chi connectivity index (χ4v) is 3.44. The number of benzene rings is 1. The van der Waals surface area contributed by atoms with E-state index in [9.17, 15) is 4.79 Å². The van der Waals surface area contributed by atoms with Crippen LogP contribution in [0.1, 0.15) is 29.6 Å². The van der Waals surface area contributed by atoms with Gasteiger partial charge in [-0.05, 0) is 53.4 Å².